The molecule has 368 valence electrons. The van der Waals surface area contributed by atoms with Crippen molar-refractivity contribution in [1.29, 1.82) is 0 Å². The van der Waals surface area contributed by atoms with Crippen molar-refractivity contribution >= 4 is 68.6 Å². The highest BCUT2D eigenvalue weighted by Gasteiger charge is 2.60. The number of hydrogen-bond acceptors (Lipinski definition) is 3. The Balaban J connectivity index is 1.23. The first-order valence-electron chi connectivity index (χ1n) is 26.9. The van der Waals surface area contributed by atoms with Crippen LogP contribution in [-0.4, -0.2) is 6.71 Å². The molecule has 0 N–H and O–H groups in total. The Kier molecular flexibility index (Phi) is 10.6. The number of rotatable bonds is 3. The minimum atomic E-state index is -0.338. The van der Waals surface area contributed by atoms with E-state index in [1.165, 1.54) is 106 Å². The molecule has 0 spiro atoms. The molecule has 0 aromatic heterocycles. The average Bonchev–Trinajstić information content (AvgIpc) is 3.52. The van der Waals surface area contributed by atoms with Crippen LogP contribution in [0.15, 0.2) is 140 Å². The molecule has 7 aromatic carbocycles. The second-order valence-electron chi connectivity index (χ2n) is 27.5. The van der Waals surface area contributed by atoms with Gasteiger partial charge in [0.15, 0.2) is 0 Å². The smallest absolute Gasteiger partial charge is 0.252 e. The minimum absolute atomic E-state index is 0.00275. The lowest BCUT2D eigenvalue weighted by molar-refractivity contribution is 0.245. The van der Waals surface area contributed by atoms with Gasteiger partial charge in [0.1, 0.15) is 0 Å². The van der Waals surface area contributed by atoms with Gasteiger partial charge in [0.2, 0.25) is 0 Å². The first-order valence-corrected chi connectivity index (χ1v) is 26.9. The van der Waals surface area contributed by atoms with Gasteiger partial charge in [-0.15, -0.1) is 0 Å². The minimum Gasteiger partial charge on any atom is -0.330 e. The maximum atomic E-state index is 2.76. The highest BCUT2D eigenvalue weighted by molar-refractivity contribution is 7.00. The summed E-state index contributed by atoms with van der Waals surface area (Å²) in [4.78, 5) is 8.00. The molecule has 0 radical (unpaired) electrons. The van der Waals surface area contributed by atoms with Crippen molar-refractivity contribution in [2.24, 2.45) is 0 Å². The van der Waals surface area contributed by atoms with Gasteiger partial charge in [0.05, 0.1) is 5.54 Å². The predicted molar refractivity (Wildman–Crippen MR) is 312 cm³/mol. The Bertz CT molecular complexity index is 3310. The van der Waals surface area contributed by atoms with Gasteiger partial charge in [-0.1, -0.05) is 190 Å². The van der Waals surface area contributed by atoms with Crippen LogP contribution < -0.4 is 31.1 Å². The number of fused-ring (bicyclic) bond motifs is 9. The Morgan fingerprint density at radius 1 is 0.389 bits per heavy atom. The molecule has 2 unspecified atom stereocenters. The lowest BCUT2D eigenvalue weighted by atomic mass is 9.33. The van der Waals surface area contributed by atoms with Gasteiger partial charge >= 0.3 is 0 Å². The number of anilines is 8. The molecular weight excluding hydrogens is 870 g/mol. The number of benzene rings is 7. The summed E-state index contributed by atoms with van der Waals surface area (Å²) in [6.45, 7) is 40.3. The van der Waals surface area contributed by atoms with Crippen LogP contribution in [-0.2, 0) is 44.4 Å². The van der Waals surface area contributed by atoms with Gasteiger partial charge in [-0.05, 0) is 168 Å². The first kappa shape index (κ1) is 48.3. The van der Waals surface area contributed by atoms with E-state index in [1.54, 1.807) is 0 Å². The molecule has 2 atom stereocenters. The van der Waals surface area contributed by atoms with Crippen LogP contribution in [0, 0.1) is 0 Å². The maximum absolute atomic E-state index is 2.76. The third kappa shape index (κ3) is 7.27. The molecular formula is C68H78BN3. The van der Waals surface area contributed by atoms with E-state index in [9.17, 15) is 0 Å². The summed E-state index contributed by atoms with van der Waals surface area (Å²) in [6, 6.07) is 55.7. The highest BCUT2D eigenvalue weighted by atomic mass is 15.3. The summed E-state index contributed by atoms with van der Waals surface area (Å²) < 4.78 is 0. The molecule has 3 aliphatic heterocycles. The molecule has 0 bridgehead atoms. The molecule has 72 heavy (non-hydrogen) atoms. The number of aryl methyl sites for hydroxylation is 1. The van der Waals surface area contributed by atoms with E-state index in [-0.39, 0.29) is 44.7 Å². The van der Waals surface area contributed by atoms with Crippen LogP contribution >= 0.6 is 0 Å². The molecule has 3 nitrogen and oxygen atoms in total. The third-order valence-corrected chi connectivity index (χ3v) is 17.7. The molecule has 3 heterocycles. The Hall–Kier alpha value is -6.00. The second kappa shape index (κ2) is 15.8. The third-order valence-electron chi connectivity index (χ3n) is 17.7. The summed E-state index contributed by atoms with van der Waals surface area (Å²) in [7, 11) is 0. The average molecular weight is 948 g/mol. The van der Waals surface area contributed by atoms with E-state index < -0.39 is 0 Å². The van der Waals surface area contributed by atoms with Crippen LogP contribution in [0.3, 0.4) is 0 Å². The van der Waals surface area contributed by atoms with Crippen molar-refractivity contribution in [2.75, 3.05) is 14.7 Å². The lowest BCUT2D eigenvalue weighted by Crippen LogP contribution is -2.61. The summed E-state index contributed by atoms with van der Waals surface area (Å²) in [5.41, 5.74) is 24.6. The largest absolute Gasteiger partial charge is 0.330 e. The van der Waals surface area contributed by atoms with E-state index >= 15 is 0 Å². The number of hydrogen-bond donors (Lipinski definition) is 0. The van der Waals surface area contributed by atoms with Crippen molar-refractivity contribution in [3.8, 4) is 0 Å². The zero-order valence-corrected chi connectivity index (χ0v) is 46.6. The Morgan fingerprint density at radius 2 is 0.861 bits per heavy atom. The summed E-state index contributed by atoms with van der Waals surface area (Å²) >= 11 is 0. The van der Waals surface area contributed by atoms with Crippen LogP contribution in [0.4, 0.5) is 45.5 Å². The van der Waals surface area contributed by atoms with Gasteiger partial charge in [-0.2, -0.15) is 0 Å². The van der Waals surface area contributed by atoms with Gasteiger partial charge in [0.25, 0.3) is 6.71 Å². The quantitative estimate of drug-likeness (QED) is 0.163. The van der Waals surface area contributed by atoms with Gasteiger partial charge < -0.3 is 14.7 Å². The summed E-state index contributed by atoms with van der Waals surface area (Å²) in [5.74, 6) is 0. The molecule has 4 aliphatic rings. The van der Waals surface area contributed by atoms with E-state index in [2.05, 4.69) is 272 Å². The van der Waals surface area contributed by atoms with E-state index in [0.717, 1.165) is 12.8 Å². The van der Waals surface area contributed by atoms with Crippen molar-refractivity contribution in [1.82, 2.24) is 0 Å². The van der Waals surface area contributed by atoms with Crippen LogP contribution in [0.25, 0.3) is 0 Å². The monoisotopic (exact) mass is 948 g/mol. The highest BCUT2D eigenvalue weighted by Crippen LogP contribution is 2.64. The molecule has 11 rings (SSSR count). The fraction of sp³-hybridized carbons (Fsp3) is 0.382. The molecule has 7 aromatic rings. The topological polar surface area (TPSA) is 9.72 Å². The van der Waals surface area contributed by atoms with Gasteiger partial charge in [0, 0.05) is 50.9 Å². The van der Waals surface area contributed by atoms with Gasteiger partial charge in [-0.25, -0.2) is 0 Å². The lowest BCUT2D eigenvalue weighted by Gasteiger charge is -2.51. The Morgan fingerprint density at radius 3 is 1.40 bits per heavy atom. The SMILES string of the molecule is CC(C)(C)c1ccc(N2c3ccc(C(C)(C)C)cc3B3c4ccc(N5c6ccc(C(C)(C)C)cc6C6(C)CCc7ccccc7C56C)cc4N(c4ccc(C(C)(C)C)cc4)c4cc(C(C)(C)C)cc2c43)cc1. The van der Waals surface area contributed by atoms with E-state index in [0.29, 0.717) is 0 Å². The van der Waals surface area contributed by atoms with Crippen molar-refractivity contribution < 1.29 is 0 Å². The van der Waals surface area contributed by atoms with Crippen LogP contribution in [0.1, 0.15) is 169 Å². The van der Waals surface area contributed by atoms with E-state index in [1.807, 2.05) is 0 Å². The van der Waals surface area contributed by atoms with E-state index in [4.69, 9.17) is 0 Å². The summed E-state index contributed by atoms with van der Waals surface area (Å²) in [5, 5.41) is 0. The predicted octanol–water partition coefficient (Wildman–Crippen LogP) is 16.5. The Labute approximate surface area is 433 Å². The van der Waals surface area contributed by atoms with Crippen LogP contribution in [0.2, 0.25) is 0 Å². The maximum Gasteiger partial charge on any atom is 0.252 e. The normalized spacial score (nSPS) is 19.3. The van der Waals surface area contributed by atoms with Crippen molar-refractivity contribution in [3.63, 3.8) is 0 Å². The molecule has 0 saturated heterocycles. The van der Waals surface area contributed by atoms with Crippen molar-refractivity contribution in [2.45, 2.75) is 169 Å². The first-order chi connectivity index (χ1) is 33.6. The van der Waals surface area contributed by atoms with Gasteiger partial charge in [-0.3, -0.25) is 0 Å². The fourth-order valence-corrected chi connectivity index (χ4v) is 13.0. The summed E-state index contributed by atoms with van der Waals surface area (Å²) in [6.07, 6.45) is 2.16. The molecule has 0 amide bonds. The fourth-order valence-electron chi connectivity index (χ4n) is 13.0. The molecule has 0 fully saturated rings. The second-order valence-corrected chi connectivity index (χ2v) is 27.5. The standard InChI is InChI=1S/C68H78BN3/c1-62(2,3)44-22-28-49(29-23-44)70-57-35-27-47(65(10,11)12)39-55(57)69-54-33-32-51(72-56-34-26-46(64(7,8)9)38-53(56)67(16)37-36-43-20-18-19-21-52(43)68(67,72)17)42-58(54)71(50-30-24-45(25-31-50)63(4,5)6)60-41-48(66(13,14)15)40-59(70)61(60)69/h18-35,38-42H,36-37H2,1-17H3. The number of nitrogens with zero attached hydrogens (tertiary/aromatic N) is 3. The molecule has 4 heteroatoms. The zero-order chi connectivity index (χ0) is 51.5. The van der Waals surface area contributed by atoms with Crippen LogP contribution in [0.5, 0.6) is 0 Å². The van der Waals surface area contributed by atoms with Crippen molar-refractivity contribution in [3.05, 3.63) is 184 Å². The molecule has 1 aliphatic carbocycles. The zero-order valence-electron chi connectivity index (χ0n) is 46.6. The molecule has 0 saturated carbocycles.